The third kappa shape index (κ3) is 3.44. The molecule has 0 fully saturated rings. The summed E-state index contributed by atoms with van der Waals surface area (Å²) in [6, 6.07) is 17.8. The van der Waals surface area contributed by atoms with E-state index in [1.54, 1.807) is 0 Å². The number of rotatable bonds is 4. The van der Waals surface area contributed by atoms with Crippen molar-refractivity contribution >= 4 is 27.1 Å². The Balaban J connectivity index is 1.66. The lowest BCUT2D eigenvalue weighted by Gasteiger charge is -2.35. The van der Waals surface area contributed by atoms with Crippen LogP contribution in [0.15, 0.2) is 48.5 Å². The first-order valence-electron chi connectivity index (χ1n) is 9.12. The van der Waals surface area contributed by atoms with E-state index in [2.05, 4.69) is 79.2 Å². The summed E-state index contributed by atoms with van der Waals surface area (Å²) in [5.74, 6) is 0.683. The first-order chi connectivity index (χ1) is 12.1. The van der Waals surface area contributed by atoms with Gasteiger partial charge in [0.05, 0.1) is 11.7 Å². The summed E-state index contributed by atoms with van der Waals surface area (Å²) >= 11 is 1.99. The van der Waals surface area contributed by atoms with Gasteiger partial charge in [0.2, 0.25) is 0 Å². The van der Waals surface area contributed by atoms with Gasteiger partial charge in [-0.05, 0) is 35.4 Å². The molecule has 4 rings (SSSR count). The first-order valence-corrected chi connectivity index (χ1v) is 9.93. The fourth-order valence-electron chi connectivity index (χ4n) is 3.86. The van der Waals surface area contributed by atoms with E-state index in [1.165, 1.54) is 31.8 Å². The number of fused-ring (bicyclic) bond motifs is 2. The van der Waals surface area contributed by atoms with Crippen LogP contribution in [-0.2, 0) is 13.0 Å². The standard InChI is InChI=1S/C22H26N2S/c1-16(2)13-24-15-23(3)14-19-12-20(25-22(19)24)11-18-9-6-8-17-7-4-5-10-21(17)18/h4-10,12,16H,11,13-15H2,1-3H3. The smallest absolute Gasteiger partial charge is 0.0967 e. The van der Waals surface area contributed by atoms with Crippen molar-refractivity contribution in [2.75, 3.05) is 25.2 Å². The van der Waals surface area contributed by atoms with E-state index < -0.39 is 0 Å². The van der Waals surface area contributed by atoms with Gasteiger partial charge in [0.25, 0.3) is 0 Å². The normalized spacial score (nSPS) is 15.1. The maximum Gasteiger partial charge on any atom is 0.0967 e. The third-order valence-electron chi connectivity index (χ3n) is 4.81. The minimum Gasteiger partial charge on any atom is -0.350 e. The van der Waals surface area contributed by atoms with E-state index in [0.29, 0.717) is 5.92 Å². The molecule has 0 amide bonds. The lowest BCUT2D eigenvalue weighted by Crippen LogP contribution is -2.41. The van der Waals surface area contributed by atoms with Crippen LogP contribution in [0.25, 0.3) is 10.8 Å². The van der Waals surface area contributed by atoms with Crippen LogP contribution in [0.4, 0.5) is 5.00 Å². The van der Waals surface area contributed by atoms with E-state index in [0.717, 1.165) is 26.2 Å². The number of hydrogen-bond donors (Lipinski definition) is 0. The number of hydrogen-bond acceptors (Lipinski definition) is 3. The highest BCUT2D eigenvalue weighted by molar-refractivity contribution is 7.16. The number of nitrogens with zero attached hydrogens (tertiary/aromatic N) is 2. The van der Waals surface area contributed by atoms with Crippen LogP contribution in [0.2, 0.25) is 0 Å². The molecular weight excluding hydrogens is 324 g/mol. The van der Waals surface area contributed by atoms with Crippen LogP contribution in [0.3, 0.4) is 0 Å². The molecule has 2 nitrogen and oxygen atoms in total. The number of thiophene rings is 1. The van der Waals surface area contributed by atoms with Gasteiger partial charge in [-0.1, -0.05) is 56.3 Å². The molecule has 1 aliphatic rings. The van der Waals surface area contributed by atoms with Gasteiger partial charge in [-0.3, -0.25) is 4.90 Å². The molecule has 0 N–H and O–H groups in total. The highest BCUT2D eigenvalue weighted by atomic mass is 32.1. The molecule has 2 heterocycles. The Morgan fingerprint density at radius 2 is 1.88 bits per heavy atom. The first kappa shape index (κ1) is 16.6. The molecule has 0 saturated carbocycles. The minimum absolute atomic E-state index is 0.683. The van der Waals surface area contributed by atoms with Gasteiger partial charge in [0.1, 0.15) is 0 Å². The van der Waals surface area contributed by atoms with Crippen LogP contribution in [0.1, 0.15) is 29.9 Å². The number of anilines is 1. The molecule has 2 aromatic carbocycles. The molecule has 3 aromatic rings. The van der Waals surface area contributed by atoms with Crippen LogP contribution in [0, 0.1) is 5.92 Å². The topological polar surface area (TPSA) is 6.48 Å². The van der Waals surface area contributed by atoms with E-state index in [-0.39, 0.29) is 0 Å². The molecule has 25 heavy (non-hydrogen) atoms. The predicted molar refractivity (Wildman–Crippen MR) is 110 cm³/mol. The minimum atomic E-state index is 0.683. The zero-order chi connectivity index (χ0) is 17.4. The average Bonchev–Trinajstić information content (AvgIpc) is 2.97. The SMILES string of the molecule is CC(C)CN1CN(C)Cc2cc(Cc3cccc4ccccc34)sc21. The Hall–Kier alpha value is -1.84. The van der Waals surface area contributed by atoms with Gasteiger partial charge < -0.3 is 4.90 Å². The van der Waals surface area contributed by atoms with Crippen molar-refractivity contribution in [3.05, 3.63) is 64.5 Å². The van der Waals surface area contributed by atoms with Gasteiger partial charge in [0, 0.05) is 30.0 Å². The van der Waals surface area contributed by atoms with Crippen molar-refractivity contribution in [3.63, 3.8) is 0 Å². The quantitative estimate of drug-likeness (QED) is 0.625. The van der Waals surface area contributed by atoms with Crippen LogP contribution >= 0.6 is 11.3 Å². The van der Waals surface area contributed by atoms with Gasteiger partial charge in [-0.2, -0.15) is 0 Å². The largest absolute Gasteiger partial charge is 0.350 e. The van der Waals surface area contributed by atoms with Crippen LogP contribution in [0.5, 0.6) is 0 Å². The Bertz CT molecular complexity index is 875. The van der Waals surface area contributed by atoms with Crippen LogP contribution < -0.4 is 4.90 Å². The molecule has 3 heteroatoms. The molecule has 0 atom stereocenters. The molecule has 0 spiro atoms. The second-order valence-corrected chi connectivity index (χ2v) is 8.75. The molecule has 1 aromatic heterocycles. The lowest BCUT2D eigenvalue weighted by atomic mass is 10.0. The Kier molecular flexibility index (Phi) is 4.53. The second kappa shape index (κ2) is 6.81. The van der Waals surface area contributed by atoms with E-state index in [9.17, 15) is 0 Å². The molecule has 130 valence electrons. The fourth-order valence-corrected chi connectivity index (χ4v) is 5.05. The maximum absolute atomic E-state index is 2.56. The molecule has 0 radical (unpaired) electrons. The van der Waals surface area contributed by atoms with Gasteiger partial charge in [-0.25, -0.2) is 0 Å². The Morgan fingerprint density at radius 3 is 2.72 bits per heavy atom. The summed E-state index contributed by atoms with van der Waals surface area (Å²) in [6.45, 7) is 7.85. The monoisotopic (exact) mass is 350 g/mol. The van der Waals surface area contributed by atoms with Crippen molar-refractivity contribution in [2.45, 2.75) is 26.8 Å². The molecular formula is C22H26N2S. The van der Waals surface area contributed by atoms with Gasteiger partial charge >= 0.3 is 0 Å². The van der Waals surface area contributed by atoms with Crippen molar-refractivity contribution in [3.8, 4) is 0 Å². The van der Waals surface area contributed by atoms with Gasteiger partial charge in [-0.15, -0.1) is 11.3 Å². The van der Waals surface area contributed by atoms with Gasteiger partial charge in [0.15, 0.2) is 0 Å². The summed E-state index contributed by atoms with van der Waals surface area (Å²) in [4.78, 5) is 6.45. The lowest BCUT2D eigenvalue weighted by molar-refractivity contribution is 0.305. The van der Waals surface area contributed by atoms with E-state index in [4.69, 9.17) is 0 Å². The highest BCUT2D eigenvalue weighted by Crippen LogP contribution is 2.37. The van der Waals surface area contributed by atoms with Crippen LogP contribution in [-0.4, -0.2) is 25.2 Å². The van der Waals surface area contributed by atoms with Crippen molar-refractivity contribution in [1.29, 1.82) is 0 Å². The molecule has 0 unspecified atom stereocenters. The third-order valence-corrected chi connectivity index (χ3v) is 6.05. The molecule has 0 aliphatic carbocycles. The summed E-state index contributed by atoms with van der Waals surface area (Å²) in [5.41, 5.74) is 2.93. The van der Waals surface area contributed by atoms with Crippen molar-refractivity contribution < 1.29 is 0 Å². The summed E-state index contributed by atoms with van der Waals surface area (Å²) in [7, 11) is 2.22. The summed E-state index contributed by atoms with van der Waals surface area (Å²) < 4.78 is 0. The number of benzene rings is 2. The molecule has 0 saturated heterocycles. The van der Waals surface area contributed by atoms with E-state index in [1.807, 2.05) is 11.3 Å². The Labute approximate surface area is 154 Å². The molecule has 0 bridgehead atoms. The maximum atomic E-state index is 2.56. The highest BCUT2D eigenvalue weighted by Gasteiger charge is 2.23. The zero-order valence-electron chi connectivity index (χ0n) is 15.3. The predicted octanol–water partition coefficient (Wildman–Crippen LogP) is 5.36. The second-order valence-electron chi connectivity index (χ2n) is 7.63. The molecule has 1 aliphatic heterocycles. The average molecular weight is 351 g/mol. The van der Waals surface area contributed by atoms with Crippen molar-refractivity contribution in [2.24, 2.45) is 5.92 Å². The Morgan fingerprint density at radius 1 is 1.08 bits per heavy atom. The zero-order valence-corrected chi connectivity index (χ0v) is 16.1. The van der Waals surface area contributed by atoms with Crippen molar-refractivity contribution in [1.82, 2.24) is 4.90 Å². The summed E-state index contributed by atoms with van der Waals surface area (Å²) in [6.07, 6.45) is 1.03. The fraction of sp³-hybridized carbons (Fsp3) is 0.364. The summed E-state index contributed by atoms with van der Waals surface area (Å²) in [5, 5.41) is 4.21. The van der Waals surface area contributed by atoms with E-state index >= 15 is 0 Å².